The number of hydrogen-bond donors (Lipinski definition) is 1. The van der Waals surface area contributed by atoms with E-state index in [9.17, 15) is 4.79 Å². The number of ether oxygens (including phenoxy) is 2. The molecule has 1 aromatic heterocycles. The van der Waals surface area contributed by atoms with Crippen molar-refractivity contribution in [3.63, 3.8) is 0 Å². The van der Waals surface area contributed by atoms with Gasteiger partial charge in [0.2, 0.25) is 0 Å². The van der Waals surface area contributed by atoms with E-state index in [4.69, 9.17) is 9.47 Å². The lowest BCUT2D eigenvalue weighted by molar-refractivity contribution is 0.0967. The van der Waals surface area contributed by atoms with Crippen molar-refractivity contribution < 1.29 is 14.3 Å². The minimum atomic E-state index is -0.0838. The van der Waals surface area contributed by atoms with Gasteiger partial charge in [-0.25, -0.2) is 0 Å². The number of nitrogens with one attached hydrogen (secondary N) is 1. The fraction of sp³-hybridized carbons (Fsp3) is 0.150. The van der Waals surface area contributed by atoms with Crippen molar-refractivity contribution in [1.29, 1.82) is 0 Å². The summed E-state index contributed by atoms with van der Waals surface area (Å²) in [5.74, 6) is 1.52. The molecule has 0 spiro atoms. The lowest BCUT2D eigenvalue weighted by Crippen LogP contribution is -2.16. The molecule has 0 saturated carbocycles. The smallest absolute Gasteiger partial charge is 0.261 e. The maximum atomic E-state index is 12.1. The summed E-state index contributed by atoms with van der Waals surface area (Å²) in [6.45, 7) is 0. The van der Waals surface area contributed by atoms with Gasteiger partial charge < -0.3 is 14.8 Å². The van der Waals surface area contributed by atoms with E-state index < -0.39 is 0 Å². The van der Waals surface area contributed by atoms with E-state index in [1.54, 1.807) is 21.3 Å². The van der Waals surface area contributed by atoms with Crippen LogP contribution in [-0.2, 0) is 0 Å². The highest BCUT2D eigenvalue weighted by molar-refractivity contribution is 7.18. The number of benzene rings is 2. The highest BCUT2D eigenvalue weighted by atomic mass is 32.1. The Morgan fingerprint density at radius 3 is 1.88 bits per heavy atom. The molecular formula is C20H19NO3S. The Bertz CT molecular complexity index is 802. The largest absolute Gasteiger partial charge is 0.497 e. The summed E-state index contributed by atoms with van der Waals surface area (Å²) < 4.78 is 10.5. The molecule has 1 N–H and O–H groups in total. The van der Waals surface area contributed by atoms with Gasteiger partial charge in [0, 0.05) is 17.5 Å². The second kappa shape index (κ2) is 7.40. The zero-order chi connectivity index (χ0) is 17.8. The molecule has 0 bridgehead atoms. The summed E-state index contributed by atoms with van der Waals surface area (Å²) in [5, 5.41) is 2.69. The fourth-order valence-electron chi connectivity index (χ4n) is 2.57. The fourth-order valence-corrected chi connectivity index (χ4v) is 3.70. The number of thiophene rings is 1. The number of carbonyl (C=O) groups excluding carboxylic acids is 1. The lowest BCUT2D eigenvalue weighted by atomic mass is 10.0. The van der Waals surface area contributed by atoms with Crippen molar-refractivity contribution in [2.45, 2.75) is 0 Å². The molecule has 0 aliphatic carbocycles. The highest BCUT2D eigenvalue weighted by Crippen LogP contribution is 2.40. The van der Waals surface area contributed by atoms with Crippen LogP contribution in [0.5, 0.6) is 11.5 Å². The van der Waals surface area contributed by atoms with Crippen LogP contribution < -0.4 is 14.8 Å². The number of hydrogen-bond acceptors (Lipinski definition) is 4. The van der Waals surface area contributed by atoms with Crippen LogP contribution in [0.15, 0.2) is 54.6 Å². The van der Waals surface area contributed by atoms with Crippen molar-refractivity contribution in [1.82, 2.24) is 5.32 Å². The third-order valence-electron chi connectivity index (χ3n) is 3.94. The molecule has 0 atom stereocenters. The normalized spacial score (nSPS) is 10.4. The maximum Gasteiger partial charge on any atom is 0.261 e. The Morgan fingerprint density at radius 2 is 1.40 bits per heavy atom. The molecule has 4 nitrogen and oxygen atoms in total. The Kier molecular flexibility index (Phi) is 5.05. The Balaban J connectivity index is 2.10. The molecule has 0 unspecified atom stereocenters. The van der Waals surface area contributed by atoms with Gasteiger partial charge in [-0.1, -0.05) is 12.1 Å². The van der Waals surface area contributed by atoms with Crippen molar-refractivity contribution in [3.8, 4) is 33.1 Å². The molecule has 3 rings (SSSR count). The van der Waals surface area contributed by atoms with E-state index in [0.29, 0.717) is 4.88 Å². The van der Waals surface area contributed by atoms with Crippen molar-refractivity contribution in [2.24, 2.45) is 0 Å². The van der Waals surface area contributed by atoms with E-state index in [-0.39, 0.29) is 5.91 Å². The standard InChI is InChI=1S/C20H19NO3S/c1-21-20(22)18-12-17(13-4-8-15(23-2)9-5-13)19(25-18)14-6-10-16(24-3)11-7-14/h4-12H,1-3H3,(H,21,22). The summed E-state index contributed by atoms with van der Waals surface area (Å²) in [6, 6.07) is 17.6. The van der Waals surface area contributed by atoms with Crippen LogP contribution in [0.3, 0.4) is 0 Å². The van der Waals surface area contributed by atoms with Crippen LogP contribution >= 0.6 is 11.3 Å². The molecule has 1 heterocycles. The number of amides is 1. The van der Waals surface area contributed by atoms with Gasteiger partial charge in [-0.05, 0) is 53.6 Å². The van der Waals surface area contributed by atoms with Crippen molar-refractivity contribution >= 4 is 17.2 Å². The van der Waals surface area contributed by atoms with E-state index in [1.807, 2.05) is 54.6 Å². The molecule has 5 heteroatoms. The molecule has 3 aromatic rings. The topological polar surface area (TPSA) is 47.6 Å². The minimum Gasteiger partial charge on any atom is -0.497 e. The van der Waals surface area contributed by atoms with Crippen molar-refractivity contribution in [3.05, 3.63) is 59.5 Å². The quantitative estimate of drug-likeness (QED) is 0.737. The average Bonchev–Trinajstić information content (AvgIpc) is 3.13. The van der Waals surface area contributed by atoms with E-state index in [1.165, 1.54) is 11.3 Å². The van der Waals surface area contributed by atoms with Crippen LogP contribution in [-0.4, -0.2) is 27.2 Å². The summed E-state index contributed by atoms with van der Waals surface area (Å²) in [6.07, 6.45) is 0. The minimum absolute atomic E-state index is 0.0838. The van der Waals surface area contributed by atoms with Gasteiger partial charge in [0.05, 0.1) is 19.1 Å². The third-order valence-corrected chi connectivity index (χ3v) is 5.12. The van der Waals surface area contributed by atoms with E-state index in [2.05, 4.69) is 5.32 Å². The Hall–Kier alpha value is -2.79. The maximum absolute atomic E-state index is 12.1. The molecule has 128 valence electrons. The molecule has 1 amide bonds. The molecular weight excluding hydrogens is 334 g/mol. The summed E-state index contributed by atoms with van der Waals surface area (Å²) in [7, 11) is 4.93. The first kappa shape index (κ1) is 17.0. The van der Waals surface area contributed by atoms with Crippen LogP contribution in [0, 0.1) is 0 Å². The van der Waals surface area contributed by atoms with Gasteiger partial charge in [0.15, 0.2) is 0 Å². The average molecular weight is 353 g/mol. The van der Waals surface area contributed by atoms with Crippen LogP contribution in [0.1, 0.15) is 9.67 Å². The van der Waals surface area contributed by atoms with Gasteiger partial charge >= 0.3 is 0 Å². The number of rotatable bonds is 5. The second-order valence-electron chi connectivity index (χ2n) is 5.39. The Labute approximate surface area is 151 Å². The van der Waals surface area contributed by atoms with Gasteiger partial charge in [-0.3, -0.25) is 4.79 Å². The SMILES string of the molecule is CNC(=O)c1cc(-c2ccc(OC)cc2)c(-c2ccc(OC)cc2)s1. The van der Waals surface area contributed by atoms with Gasteiger partial charge in [0.1, 0.15) is 11.5 Å². The summed E-state index contributed by atoms with van der Waals surface area (Å²) >= 11 is 1.48. The molecule has 2 aromatic carbocycles. The predicted octanol–water partition coefficient (Wildman–Crippen LogP) is 4.46. The predicted molar refractivity (Wildman–Crippen MR) is 102 cm³/mol. The number of methoxy groups -OCH3 is 2. The zero-order valence-corrected chi connectivity index (χ0v) is 15.1. The van der Waals surface area contributed by atoms with E-state index in [0.717, 1.165) is 33.1 Å². The van der Waals surface area contributed by atoms with Crippen LogP contribution in [0.25, 0.3) is 21.6 Å². The highest BCUT2D eigenvalue weighted by Gasteiger charge is 2.16. The van der Waals surface area contributed by atoms with Gasteiger partial charge in [0.25, 0.3) is 5.91 Å². The van der Waals surface area contributed by atoms with Crippen LogP contribution in [0.4, 0.5) is 0 Å². The lowest BCUT2D eigenvalue weighted by Gasteiger charge is -2.07. The van der Waals surface area contributed by atoms with Gasteiger partial charge in [-0.2, -0.15) is 0 Å². The first-order valence-electron chi connectivity index (χ1n) is 7.81. The molecule has 25 heavy (non-hydrogen) atoms. The van der Waals surface area contributed by atoms with Crippen LogP contribution in [0.2, 0.25) is 0 Å². The molecule has 0 fully saturated rings. The first-order chi connectivity index (χ1) is 12.2. The molecule has 0 saturated heterocycles. The zero-order valence-electron chi connectivity index (χ0n) is 14.3. The molecule has 0 radical (unpaired) electrons. The Morgan fingerprint density at radius 1 is 0.880 bits per heavy atom. The molecule has 0 aliphatic rings. The monoisotopic (exact) mass is 353 g/mol. The van der Waals surface area contributed by atoms with Crippen molar-refractivity contribution in [2.75, 3.05) is 21.3 Å². The second-order valence-corrected chi connectivity index (χ2v) is 6.44. The molecule has 0 aliphatic heterocycles. The number of carbonyl (C=O) groups is 1. The third kappa shape index (κ3) is 3.51. The summed E-state index contributed by atoms with van der Waals surface area (Å²) in [4.78, 5) is 13.8. The van der Waals surface area contributed by atoms with E-state index >= 15 is 0 Å². The van der Waals surface area contributed by atoms with Gasteiger partial charge in [-0.15, -0.1) is 11.3 Å². The summed E-state index contributed by atoms with van der Waals surface area (Å²) in [5.41, 5.74) is 3.11. The first-order valence-corrected chi connectivity index (χ1v) is 8.62.